The van der Waals surface area contributed by atoms with Crippen molar-refractivity contribution in [1.29, 1.82) is 0 Å². The van der Waals surface area contributed by atoms with Gasteiger partial charge < -0.3 is 19.6 Å². The molecule has 0 bridgehead atoms. The lowest BCUT2D eigenvalue weighted by Crippen LogP contribution is -2.76. The predicted octanol–water partition coefficient (Wildman–Crippen LogP) is 2.71. The Hall–Kier alpha value is -2.41. The average molecular weight is 626 g/mol. The van der Waals surface area contributed by atoms with Crippen molar-refractivity contribution in [3.63, 3.8) is 0 Å². The van der Waals surface area contributed by atoms with E-state index in [1.165, 1.54) is 34.5 Å². The molecule has 2 heterocycles. The molecule has 13 heteroatoms. The van der Waals surface area contributed by atoms with Crippen LogP contribution < -0.4 is 10.1 Å². The summed E-state index contributed by atoms with van der Waals surface area (Å²) in [6.07, 6.45) is -0.194. The zero-order valence-electron chi connectivity index (χ0n) is 23.0. The van der Waals surface area contributed by atoms with Gasteiger partial charge in [-0.25, -0.2) is 8.42 Å². The SMILES string of the molecule is COc1ccc(Cl)cc1S(=O)(=O)N1CC(NC(O)C2CC2)C(=O)N2C(Cc3ccc(Cl)cc3)C(=O)N(C(C)C)CC21. The second-order valence-electron chi connectivity index (χ2n) is 11.0. The third kappa shape index (κ3) is 5.93. The number of hydrogen-bond donors (Lipinski definition) is 2. The van der Waals surface area contributed by atoms with E-state index in [-0.39, 0.29) is 53.0 Å². The van der Waals surface area contributed by atoms with E-state index in [9.17, 15) is 23.1 Å². The number of nitrogens with zero attached hydrogens (tertiary/aromatic N) is 3. The standard InChI is InChI=1S/C28H34Cl2N4O6S/c1-16(2)32-15-25-33(41(38,39)24-13-20(30)10-11-23(24)40-3)14-21(31-26(35)18-6-7-18)27(36)34(25)22(28(32)37)12-17-4-8-19(29)9-5-17/h4-5,8-11,13,16,18,21-22,25-26,31,35H,6-7,12,14-15H2,1-3H3. The minimum absolute atomic E-state index is 0.0112. The summed E-state index contributed by atoms with van der Waals surface area (Å²) < 4.78 is 35.3. The largest absolute Gasteiger partial charge is 0.495 e. The van der Waals surface area contributed by atoms with Gasteiger partial charge in [0.25, 0.3) is 0 Å². The summed E-state index contributed by atoms with van der Waals surface area (Å²) in [5, 5.41) is 14.4. The fraction of sp³-hybridized carbons (Fsp3) is 0.500. The molecule has 10 nitrogen and oxygen atoms in total. The number of fused-ring (bicyclic) bond motifs is 1. The monoisotopic (exact) mass is 624 g/mol. The third-order valence-corrected chi connectivity index (χ3v) is 10.3. The Morgan fingerprint density at radius 1 is 1.02 bits per heavy atom. The number of carbonyl (C=O) groups is 2. The highest BCUT2D eigenvalue weighted by Crippen LogP contribution is 2.37. The number of sulfonamides is 1. The number of hydrogen-bond acceptors (Lipinski definition) is 7. The molecule has 2 saturated heterocycles. The summed E-state index contributed by atoms with van der Waals surface area (Å²) in [7, 11) is -2.94. The first-order valence-electron chi connectivity index (χ1n) is 13.6. The van der Waals surface area contributed by atoms with Crippen LogP contribution in [0.3, 0.4) is 0 Å². The molecular formula is C28H34Cl2N4O6S. The van der Waals surface area contributed by atoms with E-state index in [0.717, 1.165) is 18.4 Å². The molecule has 3 aliphatic rings. The number of aliphatic hydroxyl groups excluding tert-OH is 1. The van der Waals surface area contributed by atoms with Gasteiger partial charge in [-0.15, -0.1) is 0 Å². The number of benzene rings is 2. The molecule has 222 valence electrons. The summed E-state index contributed by atoms with van der Waals surface area (Å²) in [6.45, 7) is 3.45. The fourth-order valence-corrected chi connectivity index (χ4v) is 7.70. The topological polar surface area (TPSA) is 119 Å². The summed E-state index contributed by atoms with van der Waals surface area (Å²) in [5.41, 5.74) is 0.768. The van der Waals surface area contributed by atoms with Gasteiger partial charge in [0, 0.05) is 29.1 Å². The van der Waals surface area contributed by atoms with Gasteiger partial charge in [0.2, 0.25) is 21.8 Å². The number of rotatable bonds is 9. The average Bonchev–Trinajstić information content (AvgIpc) is 3.78. The Morgan fingerprint density at radius 2 is 1.68 bits per heavy atom. The van der Waals surface area contributed by atoms with E-state index >= 15 is 0 Å². The number of carbonyl (C=O) groups excluding carboxylic acids is 2. The minimum atomic E-state index is -4.31. The van der Waals surface area contributed by atoms with Crippen molar-refractivity contribution >= 4 is 45.0 Å². The normalized spacial score (nSPS) is 24.5. The predicted molar refractivity (Wildman–Crippen MR) is 154 cm³/mol. The van der Waals surface area contributed by atoms with Crippen LogP contribution in [0, 0.1) is 5.92 Å². The molecule has 2 N–H and O–H groups in total. The Kier molecular flexibility index (Phi) is 8.58. The van der Waals surface area contributed by atoms with Crippen molar-refractivity contribution in [2.75, 3.05) is 20.2 Å². The van der Waals surface area contributed by atoms with Crippen LogP contribution in [0.5, 0.6) is 5.75 Å². The van der Waals surface area contributed by atoms with E-state index in [4.69, 9.17) is 27.9 Å². The van der Waals surface area contributed by atoms with E-state index in [2.05, 4.69) is 5.32 Å². The van der Waals surface area contributed by atoms with E-state index < -0.39 is 40.4 Å². The number of halogens is 2. The van der Waals surface area contributed by atoms with Gasteiger partial charge in [0.15, 0.2) is 0 Å². The molecule has 0 radical (unpaired) electrons. The molecule has 4 unspecified atom stereocenters. The number of aliphatic hydroxyl groups is 1. The van der Waals surface area contributed by atoms with E-state index in [1.807, 2.05) is 13.8 Å². The molecule has 1 aliphatic carbocycles. The second-order valence-corrected chi connectivity index (χ2v) is 13.8. The lowest BCUT2D eigenvalue weighted by atomic mass is 9.96. The second kappa shape index (κ2) is 11.7. The van der Waals surface area contributed by atoms with Crippen molar-refractivity contribution in [2.24, 2.45) is 5.92 Å². The van der Waals surface area contributed by atoms with E-state index in [0.29, 0.717) is 5.02 Å². The molecule has 0 aromatic heterocycles. The highest BCUT2D eigenvalue weighted by molar-refractivity contribution is 7.89. The van der Waals surface area contributed by atoms with Crippen LogP contribution in [0.2, 0.25) is 10.0 Å². The molecule has 4 atom stereocenters. The molecule has 3 fully saturated rings. The van der Waals surface area contributed by atoms with Crippen LogP contribution in [0.15, 0.2) is 47.4 Å². The maximum Gasteiger partial charge on any atom is 0.248 e. The Morgan fingerprint density at radius 3 is 2.29 bits per heavy atom. The number of ether oxygens (including phenoxy) is 1. The molecule has 2 aromatic rings. The van der Waals surface area contributed by atoms with Gasteiger partial charge >= 0.3 is 0 Å². The number of piperazine rings is 1. The molecule has 41 heavy (non-hydrogen) atoms. The summed E-state index contributed by atoms with van der Waals surface area (Å²) in [5.74, 6) is -0.621. The number of nitrogens with one attached hydrogen (secondary N) is 1. The number of methoxy groups -OCH3 is 1. The van der Waals surface area contributed by atoms with Crippen molar-refractivity contribution in [3.05, 3.63) is 58.1 Å². The molecule has 0 spiro atoms. The van der Waals surface area contributed by atoms with Gasteiger partial charge in [0.05, 0.1) is 13.7 Å². The summed E-state index contributed by atoms with van der Waals surface area (Å²) in [6, 6.07) is 9.00. The van der Waals surface area contributed by atoms with Crippen LogP contribution in [0.1, 0.15) is 32.3 Å². The molecular weight excluding hydrogens is 591 g/mol. The Labute approximate surface area is 250 Å². The highest BCUT2D eigenvalue weighted by Gasteiger charge is 2.54. The van der Waals surface area contributed by atoms with Crippen molar-refractivity contribution < 1.29 is 27.9 Å². The van der Waals surface area contributed by atoms with Crippen molar-refractivity contribution in [1.82, 2.24) is 19.4 Å². The van der Waals surface area contributed by atoms with Gasteiger partial charge in [-0.2, -0.15) is 4.31 Å². The molecule has 2 amide bonds. The first kappa shape index (κ1) is 30.1. The fourth-order valence-electron chi connectivity index (χ4n) is 5.57. The highest BCUT2D eigenvalue weighted by atomic mass is 35.5. The maximum atomic E-state index is 14.4. The third-order valence-electron chi connectivity index (χ3n) is 7.95. The van der Waals surface area contributed by atoms with Crippen LogP contribution >= 0.6 is 23.2 Å². The molecule has 2 aromatic carbocycles. The van der Waals surface area contributed by atoms with Gasteiger partial charge in [0.1, 0.15) is 35.1 Å². The van der Waals surface area contributed by atoms with Gasteiger partial charge in [-0.3, -0.25) is 14.9 Å². The van der Waals surface area contributed by atoms with Gasteiger partial charge in [-0.1, -0.05) is 35.3 Å². The lowest BCUT2D eigenvalue weighted by molar-refractivity contribution is -0.169. The molecule has 1 saturated carbocycles. The summed E-state index contributed by atoms with van der Waals surface area (Å²) in [4.78, 5) is 30.8. The maximum absolute atomic E-state index is 14.4. The zero-order chi connectivity index (χ0) is 29.6. The minimum Gasteiger partial charge on any atom is -0.495 e. The van der Waals surface area contributed by atoms with Crippen LogP contribution in [-0.2, 0) is 26.0 Å². The van der Waals surface area contributed by atoms with Crippen LogP contribution in [-0.4, -0.2) is 90.2 Å². The van der Waals surface area contributed by atoms with Crippen molar-refractivity contribution in [3.8, 4) is 5.75 Å². The quantitative estimate of drug-likeness (QED) is 0.412. The first-order chi connectivity index (χ1) is 19.4. The first-order valence-corrected chi connectivity index (χ1v) is 15.8. The summed E-state index contributed by atoms with van der Waals surface area (Å²) >= 11 is 12.3. The number of amides is 2. The van der Waals surface area contributed by atoms with Crippen molar-refractivity contribution in [2.45, 2.75) is 68.5 Å². The van der Waals surface area contributed by atoms with Gasteiger partial charge in [-0.05, 0) is 68.5 Å². The lowest BCUT2D eigenvalue weighted by Gasteiger charge is -2.54. The molecule has 2 aliphatic heterocycles. The van der Waals surface area contributed by atoms with Crippen LogP contribution in [0.25, 0.3) is 0 Å². The Balaban J connectivity index is 1.61. The van der Waals surface area contributed by atoms with Crippen LogP contribution in [0.4, 0.5) is 0 Å². The zero-order valence-corrected chi connectivity index (χ0v) is 25.4. The van der Waals surface area contributed by atoms with E-state index in [1.54, 1.807) is 29.2 Å². The molecule has 5 rings (SSSR count). The Bertz CT molecular complexity index is 1420. The smallest absolute Gasteiger partial charge is 0.248 e.